The van der Waals surface area contributed by atoms with Crippen molar-refractivity contribution in [3.63, 3.8) is 0 Å². The van der Waals surface area contributed by atoms with Gasteiger partial charge < -0.3 is 24.9 Å². The average molecular weight is 688 g/mol. The van der Waals surface area contributed by atoms with Gasteiger partial charge in [-0.25, -0.2) is 23.4 Å². The molecule has 2 N–H and O–H groups in total. The Hall–Kier alpha value is -4.20. The molecule has 0 radical (unpaired) electrons. The predicted octanol–water partition coefficient (Wildman–Crippen LogP) is 5.61. The van der Waals surface area contributed by atoms with Crippen LogP contribution in [0.1, 0.15) is 52.3 Å². The number of aliphatic imine (C=N–C) groups is 1. The summed E-state index contributed by atoms with van der Waals surface area (Å²) in [6, 6.07) is 7.90. The maximum Gasteiger partial charge on any atom is 0.338 e. The molecule has 47 heavy (non-hydrogen) atoms. The summed E-state index contributed by atoms with van der Waals surface area (Å²) >= 11 is 7.65. The molecular formula is C33H36ClF2N5O5S. The quantitative estimate of drug-likeness (QED) is 0.112. The molecule has 4 rings (SSSR count). The number of alkyl halides is 1. The lowest BCUT2D eigenvalue weighted by atomic mass is 9.92. The van der Waals surface area contributed by atoms with Gasteiger partial charge in [0.25, 0.3) is 0 Å². The van der Waals surface area contributed by atoms with E-state index in [1.807, 2.05) is 0 Å². The number of hydrogen-bond acceptors (Lipinski definition) is 10. The number of amidine groups is 1. The fraction of sp³-hybridized carbons (Fsp3) is 0.364. The summed E-state index contributed by atoms with van der Waals surface area (Å²) in [6.07, 6.45) is 1.69. The number of nitrogens with one attached hydrogen (secondary N) is 1. The van der Waals surface area contributed by atoms with Crippen LogP contribution < -0.4 is 10.2 Å². The molecule has 1 aromatic heterocycles. The highest BCUT2D eigenvalue weighted by Crippen LogP contribution is 2.35. The highest BCUT2D eigenvalue weighted by Gasteiger charge is 2.35. The van der Waals surface area contributed by atoms with Gasteiger partial charge in [-0.2, -0.15) is 0 Å². The van der Waals surface area contributed by atoms with Crippen molar-refractivity contribution >= 4 is 52.7 Å². The van der Waals surface area contributed by atoms with Gasteiger partial charge in [0, 0.05) is 43.8 Å². The minimum Gasteiger partial charge on any atom is -0.478 e. The highest BCUT2D eigenvalue weighted by atomic mass is 35.5. The Bertz CT molecular complexity index is 1650. The van der Waals surface area contributed by atoms with Crippen molar-refractivity contribution in [2.24, 2.45) is 4.99 Å². The number of thiazole rings is 1. The van der Waals surface area contributed by atoms with Gasteiger partial charge in [-0.1, -0.05) is 23.7 Å². The molecule has 0 amide bonds. The second-order valence-electron chi connectivity index (χ2n) is 10.9. The van der Waals surface area contributed by atoms with E-state index >= 15 is 4.39 Å². The van der Waals surface area contributed by atoms with E-state index in [0.29, 0.717) is 46.3 Å². The topological polar surface area (TPSA) is 124 Å². The monoisotopic (exact) mass is 687 g/mol. The lowest BCUT2D eigenvalue weighted by Gasteiger charge is -2.32. The molecule has 3 aromatic rings. The first-order valence-corrected chi connectivity index (χ1v) is 16.2. The van der Waals surface area contributed by atoms with Crippen LogP contribution in [0, 0.1) is 12.7 Å². The molecule has 250 valence electrons. The van der Waals surface area contributed by atoms with Gasteiger partial charge in [0.2, 0.25) is 0 Å². The van der Waals surface area contributed by atoms with Crippen LogP contribution in [0.3, 0.4) is 0 Å². The van der Waals surface area contributed by atoms with E-state index in [-0.39, 0.29) is 48.8 Å². The first-order valence-electron chi connectivity index (χ1n) is 15.0. The Morgan fingerprint density at radius 1 is 1.26 bits per heavy atom. The van der Waals surface area contributed by atoms with E-state index in [9.17, 15) is 23.9 Å². The van der Waals surface area contributed by atoms with Gasteiger partial charge in [-0.05, 0) is 62.2 Å². The number of carboxylic acids is 1. The Labute approximate surface area is 280 Å². The third-order valence-corrected chi connectivity index (χ3v) is 8.66. The van der Waals surface area contributed by atoms with Gasteiger partial charge in [-0.3, -0.25) is 9.89 Å². The normalized spacial score (nSPS) is 15.2. The maximum absolute atomic E-state index is 15.8. The summed E-state index contributed by atoms with van der Waals surface area (Å²) in [5.74, 6) is -1.84. The molecule has 10 nitrogen and oxygen atoms in total. The van der Waals surface area contributed by atoms with Crippen molar-refractivity contribution in [2.75, 3.05) is 44.7 Å². The Balaban J connectivity index is 1.68. The van der Waals surface area contributed by atoms with Crippen molar-refractivity contribution in [3.05, 3.63) is 91.8 Å². The third kappa shape index (κ3) is 8.99. The molecule has 0 spiro atoms. The molecule has 0 aliphatic carbocycles. The molecule has 2 heterocycles. The minimum atomic E-state index is -1.42. The van der Waals surface area contributed by atoms with Crippen molar-refractivity contribution in [1.29, 1.82) is 0 Å². The molecule has 0 saturated heterocycles. The predicted molar refractivity (Wildman–Crippen MR) is 178 cm³/mol. The lowest BCUT2D eigenvalue weighted by molar-refractivity contribution is -0.139. The molecular weight excluding hydrogens is 652 g/mol. The molecule has 0 unspecified atom stereocenters. The summed E-state index contributed by atoms with van der Waals surface area (Å²) in [6.45, 7) is 3.61. The molecule has 0 fully saturated rings. The van der Waals surface area contributed by atoms with E-state index in [4.69, 9.17) is 21.3 Å². The van der Waals surface area contributed by atoms with Gasteiger partial charge in [0.15, 0.2) is 10.8 Å². The number of benzene rings is 2. The molecule has 2 aromatic carbocycles. The third-order valence-electron chi connectivity index (χ3n) is 7.57. The molecule has 1 aliphatic rings. The molecule has 1 aliphatic heterocycles. The zero-order valence-corrected chi connectivity index (χ0v) is 27.8. The number of aromatic nitrogens is 1. The number of carbonyl (C=O) groups is 3. The summed E-state index contributed by atoms with van der Waals surface area (Å²) in [7, 11) is 1.65. The average Bonchev–Trinajstić information content (AvgIpc) is 3.57. The second kappa shape index (κ2) is 16.6. The van der Waals surface area contributed by atoms with Crippen LogP contribution in [0.2, 0.25) is 5.02 Å². The van der Waals surface area contributed by atoms with Crippen LogP contribution >= 0.6 is 22.9 Å². The number of nitrogens with zero attached hydrogens (tertiary/aromatic N) is 4. The molecule has 0 bridgehead atoms. The Kier molecular flexibility index (Phi) is 12.6. The fourth-order valence-corrected chi connectivity index (χ4v) is 6.22. The van der Waals surface area contributed by atoms with E-state index in [2.05, 4.69) is 10.3 Å². The first kappa shape index (κ1) is 35.7. The van der Waals surface area contributed by atoms with Crippen molar-refractivity contribution in [1.82, 2.24) is 15.2 Å². The van der Waals surface area contributed by atoms with Crippen LogP contribution in [0.15, 0.2) is 64.2 Å². The second-order valence-corrected chi connectivity index (χ2v) is 12.2. The molecule has 0 saturated carbocycles. The van der Waals surface area contributed by atoms with Crippen molar-refractivity contribution < 1.29 is 33.0 Å². The van der Waals surface area contributed by atoms with Gasteiger partial charge >= 0.3 is 11.9 Å². The number of carbonyl (C=O) groups excluding carboxylic acids is 2. The number of carboxylic acid groups (broad SMARTS) is 1. The maximum atomic E-state index is 15.8. The zero-order valence-electron chi connectivity index (χ0n) is 26.2. The van der Waals surface area contributed by atoms with Gasteiger partial charge in [0.1, 0.15) is 24.3 Å². The number of esters is 1. The standard InChI is InChI=1S/C33H36ClF2N5O5S/c1-4-46-33(45)28-26(38-30(31-37-12-15-47-31)39-29(28)23-8-7-9-25(36)20(23)2)19-41(13-5-6-14-42)18-22(35)17-40(3)27-11-10-21(32(43)44)16-24(27)34/h7-12,14-16,22,29H,4-6,13,17-19H2,1-3H3,(H,38,39)(H,43,44)/t22-,29-/m0/s1. The molecule has 2 atom stereocenters. The number of rotatable bonds is 16. The Morgan fingerprint density at radius 2 is 2.04 bits per heavy atom. The number of halogens is 3. The van der Waals surface area contributed by atoms with Crippen LogP contribution in [0.25, 0.3) is 0 Å². The smallest absolute Gasteiger partial charge is 0.338 e. The summed E-state index contributed by atoms with van der Waals surface area (Å²) < 4.78 is 36.1. The summed E-state index contributed by atoms with van der Waals surface area (Å²) in [5.41, 5.74) is 1.85. The number of anilines is 1. The van der Waals surface area contributed by atoms with E-state index in [1.165, 1.54) is 35.6 Å². The van der Waals surface area contributed by atoms with Crippen molar-refractivity contribution in [3.8, 4) is 0 Å². The van der Waals surface area contributed by atoms with Crippen LogP contribution in [0.4, 0.5) is 14.5 Å². The van der Waals surface area contributed by atoms with Crippen molar-refractivity contribution in [2.45, 2.75) is 38.9 Å². The van der Waals surface area contributed by atoms with Crippen LogP contribution in [0.5, 0.6) is 0 Å². The van der Waals surface area contributed by atoms with E-state index in [1.54, 1.807) is 54.4 Å². The number of unbranched alkanes of at least 4 members (excludes halogenated alkanes) is 1. The van der Waals surface area contributed by atoms with Crippen LogP contribution in [-0.4, -0.2) is 85.1 Å². The highest BCUT2D eigenvalue weighted by molar-refractivity contribution is 7.11. The minimum absolute atomic E-state index is 0.0170. The molecule has 14 heteroatoms. The number of ether oxygens (including phenoxy) is 1. The van der Waals surface area contributed by atoms with Gasteiger partial charge in [0.05, 0.1) is 35.0 Å². The summed E-state index contributed by atoms with van der Waals surface area (Å²) in [5, 5.41) is 15.0. The van der Waals surface area contributed by atoms with E-state index in [0.717, 1.165) is 6.29 Å². The number of aromatic carboxylic acids is 1. The zero-order chi connectivity index (χ0) is 34.1. The van der Waals surface area contributed by atoms with E-state index < -0.39 is 30.0 Å². The summed E-state index contributed by atoms with van der Waals surface area (Å²) in [4.78, 5) is 48.6. The fourth-order valence-electron chi connectivity index (χ4n) is 5.30. The SMILES string of the molecule is CCOC(=O)C1=C(CN(CCCC=O)C[C@@H](F)CN(C)c2ccc(C(=O)O)cc2Cl)NC(c2nccs2)=N[C@H]1c1cccc(F)c1C. The van der Waals surface area contributed by atoms with Gasteiger partial charge in [-0.15, -0.1) is 11.3 Å². The number of hydrogen-bond donors (Lipinski definition) is 2. The first-order chi connectivity index (χ1) is 22.5. The Morgan fingerprint density at radius 3 is 2.70 bits per heavy atom. The largest absolute Gasteiger partial charge is 0.478 e. The van der Waals surface area contributed by atoms with Crippen LogP contribution in [-0.2, 0) is 14.3 Å². The lowest BCUT2D eigenvalue weighted by Crippen LogP contribution is -2.43. The number of aldehydes is 1.